The molecule has 4 aromatic heterocycles. The molecule has 1 aliphatic heterocycles. The molecule has 5 heterocycles. The molecule has 0 atom stereocenters. The van der Waals surface area contributed by atoms with Gasteiger partial charge in [0.1, 0.15) is 16.7 Å². The summed E-state index contributed by atoms with van der Waals surface area (Å²) in [5.74, 6) is 1.66. The predicted molar refractivity (Wildman–Crippen MR) is 136 cm³/mol. The normalized spacial score (nSPS) is 21.8. The first-order valence-corrected chi connectivity index (χ1v) is 13.2. The van der Waals surface area contributed by atoms with E-state index in [9.17, 15) is 4.79 Å². The maximum atomic E-state index is 11.8. The number of hydrogen-bond donors (Lipinski definition) is 2. The largest absolute Gasteiger partial charge is 0.493 e. The van der Waals surface area contributed by atoms with Gasteiger partial charge in [-0.1, -0.05) is 13.8 Å². The highest BCUT2D eigenvalue weighted by atomic mass is 32.1. The fourth-order valence-corrected chi connectivity index (χ4v) is 6.86. The van der Waals surface area contributed by atoms with E-state index < -0.39 is 0 Å². The van der Waals surface area contributed by atoms with Crippen LogP contribution in [-0.4, -0.2) is 68.2 Å². The standard InChI is InChI=1S/C25H31N7O2S/c1-14(2)20-21(16-10-18(34-3)23-27-13-28-32(23)11-16)29-25-22(20)30-24(35-25)15-4-6-17(7-5-15)31-9-8-26-19(33)12-31/h10-11,13-15,17,29H,4-9,12H2,1-3H3,(H,26,33). The quantitative estimate of drug-likeness (QED) is 0.437. The van der Waals surface area contributed by atoms with Crippen molar-refractivity contribution >= 4 is 33.2 Å². The zero-order chi connectivity index (χ0) is 24.1. The summed E-state index contributed by atoms with van der Waals surface area (Å²) in [6, 6.07) is 2.54. The molecule has 2 aliphatic rings. The van der Waals surface area contributed by atoms with Crippen LogP contribution in [0.15, 0.2) is 18.6 Å². The van der Waals surface area contributed by atoms with Gasteiger partial charge in [-0.2, -0.15) is 5.10 Å². The van der Waals surface area contributed by atoms with Crippen molar-refractivity contribution in [2.45, 2.75) is 57.4 Å². The number of rotatable bonds is 5. The summed E-state index contributed by atoms with van der Waals surface area (Å²) in [4.78, 5) is 28.5. The van der Waals surface area contributed by atoms with Crippen LogP contribution in [0.4, 0.5) is 0 Å². The second-order valence-corrected chi connectivity index (χ2v) is 11.0. The lowest BCUT2D eigenvalue weighted by atomic mass is 9.85. The summed E-state index contributed by atoms with van der Waals surface area (Å²) in [6.45, 7) is 6.72. The number of nitrogens with one attached hydrogen (secondary N) is 2. The number of ether oxygens (including phenoxy) is 1. The Morgan fingerprint density at radius 2 is 2.06 bits per heavy atom. The Hall–Kier alpha value is -2.98. The fourth-order valence-electron chi connectivity index (χ4n) is 5.71. The number of carbonyl (C=O) groups excluding carboxylic acids is 1. The van der Waals surface area contributed by atoms with Gasteiger partial charge in [0, 0.05) is 42.4 Å². The van der Waals surface area contributed by atoms with Gasteiger partial charge >= 0.3 is 0 Å². The monoisotopic (exact) mass is 493 g/mol. The van der Waals surface area contributed by atoms with Crippen molar-refractivity contribution in [3.05, 3.63) is 29.2 Å². The molecule has 4 aromatic rings. The van der Waals surface area contributed by atoms with Crippen LogP contribution in [-0.2, 0) is 4.79 Å². The van der Waals surface area contributed by atoms with E-state index in [1.54, 1.807) is 29.3 Å². The van der Waals surface area contributed by atoms with E-state index in [0.717, 1.165) is 60.4 Å². The van der Waals surface area contributed by atoms with Gasteiger partial charge in [-0.15, -0.1) is 11.3 Å². The van der Waals surface area contributed by atoms with Crippen molar-refractivity contribution in [3.8, 4) is 17.0 Å². The second-order valence-electron chi connectivity index (χ2n) is 9.95. The third kappa shape index (κ3) is 3.98. The molecule has 1 saturated carbocycles. The van der Waals surface area contributed by atoms with Crippen LogP contribution in [0.3, 0.4) is 0 Å². The minimum absolute atomic E-state index is 0.158. The van der Waals surface area contributed by atoms with E-state index in [1.165, 1.54) is 10.6 Å². The number of aromatic nitrogens is 5. The van der Waals surface area contributed by atoms with Crippen LogP contribution < -0.4 is 10.1 Å². The van der Waals surface area contributed by atoms with Crippen LogP contribution in [0.5, 0.6) is 5.75 Å². The average Bonchev–Trinajstić information content (AvgIpc) is 3.57. The molecule has 184 valence electrons. The highest BCUT2D eigenvalue weighted by molar-refractivity contribution is 7.18. The molecule has 0 bridgehead atoms. The van der Waals surface area contributed by atoms with E-state index in [2.05, 4.69) is 39.1 Å². The summed E-state index contributed by atoms with van der Waals surface area (Å²) in [6.07, 6.45) is 8.05. The number of fused-ring (bicyclic) bond motifs is 2. The number of hydrogen-bond acceptors (Lipinski definition) is 7. The topological polar surface area (TPSA) is 100 Å². The summed E-state index contributed by atoms with van der Waals surface area (Å²) in [5.41, 5.74) is 5.11. The molecule has 6 rings (SSSR count). The van der Waals surface area contributed by atoms with Crippen molar-refractivity contribution in [1.29, 1.82) is 0 Å². The van der Waals surface area contributed by atoms with Crippen LogP contribution in [0, 0.1) is 0 Å². The van der Waals surface area contributed by atoms with Gasteiger partial charge in [-0.05, 0) is 37.7 Å². The first kappa shape index (κ1) is 22.5. The first-order valence-electron chi connectivity index (χ1n) is 12.4. The van der Waals surface area contributed by atoms with Crippen LogP contribution >= 0.6 is 11.3 Å². The minimum Gasteiger partial charge on any atom is -0.493 e. The highest BCUT2D eigenvalue weighted by Gasteiger charge is 2.31. The maximum Gasteiger partial charge on any atom is 0.234 e. The summed E-state index contributed by atoms with van der Waals surface area (Å²) in [7, 11) is 1.66. The van der Waals surface area contributed by atoms with E-state index in [4.69, 9.17) is 9.72 Å². The smallest absolute Gasteiger partial charge is 0.234 e. The number of thiazole rings is 1. The number of aromatic amines is 1. The zero-order valence-electron chi connectivity index (χ0n) is 20.4. The third-order valence-corrected chi connectivity index (χ3v) is 8.60. The molecule has 1 aliphatic carbocycles. The Balaban J connectivity index is 1.28. The molecule has 2 N–H and O–H groups in total. The lowest BCUT2D eigenvalue weighted by Gasteiger charge is -2.38. The zero-order valence-corrected chi connectivity index (χ0v) is 21.2. The van der Waals surface area contributed by atoms with Gasteiger partial charge < -0.3 is 15.0 Å². The number of amides is 1. The lowest BCUT2D eigenvalue weighted by Crippen LogP contribution is -2.52. The van der Waals surface area contributed by atoms with Crippen molar-refractivity contribution in [2.75, 3.05) is 26.7 Å². The summed E-state index contributed by atoms with van der Waals surface area (Å²) < 4.78 is 7.35. The molecule has 9 nitrogen and oxygen atoms in total. The second kappa shape index (κ2) is 8.91. The molecule has 0 radical (unpaired) electrons. The molecular formula is C25H31N7O2S. The molecule has 10 heteroatoms. The lowest BCUT2D eigenvalue weighted by molar-refractivity contribution is -0.125. The molecule has 2 fully saturated rings. The Morgan fingerprint density at radius 3 is 2.80 bits per heavy atom. The summed E-state index contributed by atoms with van der Waals surface area (Å²) in [5, 5.41) is 8.49. The van der Waals surface area contributed by atoms with Gasteiger partial charge in [-0.25, -0.2) is 14.5 Å². The first-order chi connectivity index (χ1) is 17.0. The maximum absolute atomic E-state index is 11.8. The van der Waals surface area contributed by atoms with Crippen molar-refractivity contribution in [1.82, 2.24) is 34.8 Å². The third-order valence-electron chi connectivity index (χ3n) is 7.46. The number of H-pyrrole nitrogens is 1. The predicted octanol–water partition coefficient (Wildman–Crippen LogP) is 3.92. The number of pyridine rings is 1. The van der Waals surface area contributed by atoms with E-state index in [0.29, 0.717) is 35.8 Å². The number of carbonyl (C=O) groups is 1. The van der Waals surface area contributed by atoms with E-state index in [-0.39, 0.29) is 5.91 Å². The van der Waals surface area contributed by atoms with Gasteiger partial charge in [-0.3, -0.25) is 9.69 Å². The molecule has 0 aromatic carbocycles. The molecule has 0 spiro atoms. The van der Waals surface area contributed by atoms with Crippen molar-refractivity contribution in [3.63, 3.8) is 0 Å². The summed E-state index contributed by atoms with van der Waals surface area (Å²) >= 11 is 1.79. The molecule has 0 unspecified atom stereocenters. The minimum atomic E-state index is 0.158. The van der Waals surface area contributed by atoms with Crippen molar-refractivity contribution < 1.29 is 9.53 Å². The van der Waals surface area contributed by atoms with E-state index in [1.807, 2.05) is 12.3 Å². The molecular weight excluding hydrogens is 462 g/mol. The number of methoxy groups -OCH3 is 1. The molecule has 35 heavy (non-hydrogen) atoms. The Kier molecular flexibility index (Phi) is 5.72. The Bertz CT molecular complexity index is 1380. The van der Waals surface area contributed by atoms with Crippen LogP contribution in [0.2, 0.25) is 0 Å². The molecule has 1 saturated heterocycles. The fraction of sp³-hybridized carbons (Fsp3) is 0.520. The molecule has 1 amide bonds. The van der Waals surface area contributed by atoms with Gasteiger partial charge in [0.25, 0.3) is 0 Å². The Morgan fingerprint density at radius 1 is 1.23 bits per heavy atom. The van der Waals surface area contributed by atoms with Crippen LogP contribution in [0.1, 0.15) is 61.9 Å². The van der Waals surface area contributed by atoms with E-state index >= 15 is 0 Å². The van der Waals surface area contributed by atoms with Gasteiger partial charge in [0.05, 0.1) is 24.4 Å². The van der Waals surface area contributed by atoms with Gasteiger partial charge in [0.2, 0.25) is 5.91 Å². The number of piperazine rings is 1. The number of nitrogens with zero attached hydrogens (tertiary/aromatic N) is 5. The van der Waals surface area contributed by atoms with Gasteiger partial charge in [0.15, 0.2) is 11.4 Å². The Labute approximate surface area is 207 Å². The highest BCUT2D eigenvalue weighted by Crippen LogP contribution is 2.43. The van der Waals surface area contributed by atoms with Crippen LogP contribution in [0.25, 0.3) is 27.3 Å². The van der Waals surface area contributed by atoms with Crippen molar-refractivity contribution in [2.24, 2.45) is 0 Å². The SMILES string of the molecule is COc1cc(-c2[nH]c3sc(C4CCC(N5CCNC(=O)C5)CC4)nc3c2C(C)C)cn2ncnc12. The average molecular weight is 494 g/mol.